The van der Waals surface area contributed by atoms with Crippen LogP contribution < -0.4 is 19.9 Å². The molecule has 1 amide bonds. The summed E-state index contributed by atoms with van der Waals surface area (Å²) in [4.78, 5) is 21.5. The number of anilines is 3. The Labute approximate surface area is 301 Å². The van der Waals surface area contributed by atoms with E-state index in [1.165, 1.54) is 18.5 Å². The monoisotopic (exact) mass is 703 g/mol. The average Bonchev–Trinajstić information content (AvgIpc) is 3.82. The van der Waals surface area contributed by atoms with E-state index in [1.807, 2.05) is 24.3 Å². The first-order valence-electron chi connectivity index (χ1n) is 17.3. The van der Waals surface area contributed by atoms with Gasteiger partial charge in [-0.05, 0) is 98.1 Å². The summed E-state index contributed by atoms with van der Waals surface area (Å²) >= 11 is 0. The number of hydrogen-bond donors (Lipinski definition) is 1. The second-order valence-electron chi connectivity index (χ2n) is 13.5. The number of nitrogens with zero attached hydrogens (tertiary/aromatic N) is 6. The van der Waals surface area contributed by atoms with Crippen LogP contribution in [0.4, 0.5) is 25.8 Å². The third-order valence-corrected chi connectivity index (χ3v) is 9.84. The number of carbonyl (C=O) groups is 1. The standard InChI is InChI=1S/C40H39F2N7O3/c1-27-17-35(48-15-13-47(14-16-48)34-10-5-31(6-11-34)39(50)46-33-8-3-29(21-43)4-9-33)18-28(2)38(27)51-22-30-20-40(52-23-30,24-49-26-44-25-45-49)36-12-7-32(41)19-37(36)42/h3-12,17-19,25-26,30H,13-16,20,22-24H2,1-2H3,(H,46,50)/t30-,40+/m1/s1. The fraction of sp³-hybridized carbons (Fsp3) is 0.300. The van der Waals surface area contributed by atoms with Crippen LogP contribution in [0.15, 0.2) is 91.5 Å². The lowest BCUT2D eigenvalue weighted by atomic mass is 9.87. The van der Waals surface area contributed by atoms with Crippen LogP contribution in [0.3, 0.4) is 0 Å². The maximum Gasteiger partial charge on any atom is 0.255 e. The molecule has 52 heavy (non-hydrogen) atoms. The minimum absolute atomic E-state index is 0.0227. The summed E-state index contributed by atoms with van der Waals surface area (Å²) in [6, 6.07) is 24.4. The van der Waals surface area contributed by atoms with Crippen molar-refractivity contribution >= 4 is 23.0 Å². The summed E-state index contributed by atoms with van der Waals surface area (Å²) in [6.45, 7) is 8.44. The quantitative estimate of drug-likeness (QED) is 0.173. The fourth-order valence-electron chi connectivity index (χ4n) is 7.20. The van der Waals surface area contributed by atoms with Gasteiger partial charge in [0.2, 0.25) is 0 Å². The molecule has 2 atom stereocenters. The number of rotatable bonds is 10. The highest BCUT2D eigenvalue weighted by Crippen LogP contribution is 2.42. The van der Waals surface area contributed by atoms with Crippen molar-refractivity contribution in [2.75, 3.05) is 54.5 Å². The predicted octanol–water partition coefficient (Wildman–Crippen LogP) is 6.63. The molecule has 0 spiro atoms. The number of amides is 1. The van der Waals surface area contributed by atoms with E-state index >= 15 is 4.39 Å². The van der Waals surface area contributed by atoms with E-state index in [-0.39, 0.29) is 18.4 Å². The van der Waals surface area contributed by atoms with Gasteiger partial charge >= 0.3 is 0 Å². The molecular weight excluding hydrogens is 664 g/mol. The molecule has 0 saturated carbocycles. The number of aromatic nitrogens is 3. The fourth-order valence-corrected chi connectivity index (χ4v) is 7.20. The van der Waals surface area contributed by atoms with E-state index in [0.29, 0.717) is 42.0 Å². The first kappa shape index (κ1) is 34.6. The number of halogens is 2. The SMILES string of the molecule is Cc1cc(N2CCN(c3ccc(C(=O)Nc4ccc(C#N)cc4)cc3)CC2)cc(C)c1OC[C@@H]1CO[C@@](Cn2cncn2)(c2ccc(F)cc2F)C1. The maximum absolute atomic E-state index is 15.1. The molecule has 5 aromatic rings. The van der Waals surface area contributed by atoms with E-state index in [1.54, 1.807) is 35.3 Å². The van der Waals surface area contributed by atoms with Crippen molar-refractivity contribution in [1.82, 2.24) is 14.8 Å². The minimum atomic E-state index is -1.03. The van der Waals surface area contributed by atoms with Crippen LogP contribution in [0.5, 0.6) is 5.75 Å². The molecule has 2 saturated heterocycles. The van der Waals surface area contributed by atoms with E-state index in [2.05, 4.69) is 57.2 Å². The molecule has 0 unspecified atom stereocenters. The number of nitrogens with one attached hydrogen (secondary N) is 1. The summed E-state index contributed by atoms with van der Waals surface area (Å²) in [5, 5.41) is 16.1. The van der Waals surface area contributed by atoms with Crippen molar-refractivity contribution < 1.29 is 23.0 Å². The summed E-state index contributed by atoms with van der Waals surface area (Å²) in [7, 11) is 0. The smallest absolute Gasteiger partial charge is 0.255 e. The lowest BCUT2D eigenvalue weighted by molar-refractivity contribution is -0.0206. The molecule has 266 valence electrons. The summed E-state index contributed by atoms with van der Waals surface area (Å²) in [5.74, 6) is -0.684. The molecule has 0 aliphatic carbocycles. The molecule has 0 radical (unpaired) electrons. The van der Waals surface area contributed by atoms with Crippen molar-refractivity contribution in [3.05, 3.63) is 131 Å². The van der Waals surface area contributed by atoms with Gasteiger partial charge in [0, 0.05) is 66.4 Å². The van der Waals surface area contributed by atoms with Crippen LogP contribution in [0.25, 0.3) is 0 Å². The van der Waals surface area contributed by atoms with Crippen LogP contribution in [0.2, 0.25) is 0 Å². The van der Waals surface area contributed by atoms with Gasteiger partial charge in [-0.3, -0.25) is 4.79 Å². The van der Waals surface area contributed by atoms with E-state index in [4.69, 9.17) is 14.7 Å². The molecule has 2 fully saturated rings. The largest absolute Gasteiger partial charge is 0.493 e. The number of hydrogen-bond acceptors (Lipinski definition) is 8. The van der Waals surface area contributed by atoms with Crippen molar-refractivity contribution in [2.45, 2.75) is 32.4 Å². The molecule has 2 aliphatic rings. The normalized spacial score (nSPS) is 18.6. The minimum Gasteiger partial charge on any atom is -0.493 e. The van der Waals surface area contributed by atoms with Gasteiger partial charge in [-0.15, -0.1) is 0 Å². The molecule has 1 N–H and O–H groups in total. The van der Waals surface area contributed by atoms with Gasteiger partial charge in [0.25, 0.3) is 5.91 Å². The number of benzene rings is 4. The Hall–Kier alpha value is -5.80. The molecule has 0 bridgehead atoms. The van der Waals surface area contributed by atoms with Gasteiger partial charge in [-0.25, -0.2) is 18.4 Å². The van der Waals surface area contributed by atoms with Gasteiger partial charge in [0.05, 0.1) is 31.4 Å². The van der Waals surface area contributed by atoms with E-state index < -0.39 is 17.2 Å². The Morgan fingerprint density at radius 3 is 2.29 bits per heavy atom. The molecule has 2 aliphatic heterocycles. The van der Waals surface area contributed by atoms with Crippen LogP contribution >= 0.6 is 0 Å². The van der Waals surface area contributed by atoms with Crippen LogP contribution in [-0.2, 0) is 16.9 Å². The Balaban J connectivity index is 0.944. The number of nitriles is 1. The molecule has 7 rings (SSSR count). The van der Waals surface area contributed by atoms with Gasteiger partial charge in [-0.2, -0.15) is 10.4 Å². The van der Waals surface area contributed by atoms with E-state index in [0.717, 1.165) is 60.5 Å². The maximum atomic E-state index is 15.1. The van der Waals surface area contributed by atoms with Crippen molar-refractivity contribution in [1.29, 1.82) is 5.26 Å². The highest BCUT2D eigenvalue weighted by molar-refractivity contribution is 6.04. The molecule has 1 aromatic heterocycles. The lowest BCUT2D eigenvalue weighted by Gasteiger charge is -2.37. The number of carbonyl (C=O) groups excluding carboxylic acids is 1. The third-order valence-electron chi connectivity index (χ3n) is 9.84. The molecular formula is C40H39F2N7O3. The number of aryl methyl sites for hydroxylation is 2. The first-order valence-corrected chi connectivity index (χ1v) is 17.3. The van der Waals surface area contributed by atoms with Crippen molar-refractivity contribution in [3.8, 4) is 11.8 Å². The van der Waals surface area contributed by atoms with Crippen LogP contribution in [0.1, 0.15) is 39.0 Å². The summed E-state index contributed by atoms with van der Waals surface area (Å²) in [6.07, 6.45) is 3.46. The van der Waals surface area contributed by atoms with Gasteiger partial charge in [0.1, 0.15) is 35.6 Å². The molecule has 12 heteroatoms. The highest BCUT2D eigenvalue weighted by Gasteiger charge is 2.44. The lowest BCUT2D eigenvalue weighted by Crippen LogP contribution is -2.46. The van der Waals surface area contributed by atoms with Gasteiger partial charge in [0.15, 0.2) is 0 Å². The van der Waals surface area contributed by atoms with Crippen molar-refractivity contribution in [2.24, 2.45) is 5.92 Å². The summed E-state index contributed by atoms with van der Waals surface area (Å²) < 4.78 is 43.2. The Kier molecular flexibility index (Phi) is 9.87. The first-order chi connectivity index (χ1) is 25.2. The Morgan fingerprint density at radius 2 is 1.65 bits per heavy atom. The summed E-state index contributed by atoms with van der Waals surface area (Å²) in [5.41, 5.74) is 5.28. The molecule has 10 nitrogen and oxygen atoms in total. The molecule has 3 heterocycles. The van der Waals surface area contributed by atoms with Crippen LogP contribution in [0, 0.1) is 42.7 Å². The topological polar surface area (TPSA) is 109 Å². The Bertz CT molecular complexity index is 2050. The second kappa shape index (κ2) is 14.8. The van der Waals surface area contributed by atoms with Gasteiger partial charge < -0.3 is 24.6 Å². The average molecular weight is 704 g/mol. The van der Waals surface area contributed by atoms with Crippen LogP contribution in [-0.4, -0.2) is 60.1 Å². The highest BCUT2D eigenvalue weighted by atomic mass is 19.1. The zero-order chi connectivity index (χ0) is 36.2. The Morgan fingerprint density at radius 1 is 0.962 bits per heavy atom. The predicted molar refractivity (Wildman–Crippen MR) is 194 cm³/mol. The zero-order valence-electron chi connectivity index (χ0n) is 29.1. The third kappa shape index (κ3) is 7.45. The molecule has 4 aromatic carbocycles. The van der Waals surface area contributed by atoms with Gasteiger partial charge in [-0.1, -0.05) is 6.07 Å². The second-order valence-corrected chi connectivity index (χ2v) is 13.5. The van der Waals surface area contributed by atoms with Crippen molar-refractivity contribution in [3.63, 3.8) is 0 Å². The van der Waals surface area contributed by atoms with E-state index in [9.17, 15) is 9.18 Å². The number of piperazine rings is 1. The zero-order valence-corrected chi connectivity index (χ0v) is 29.1. The number of ether oxygens (including phenoxy) is 2.